The maximum Gasteiger partial charge on any atom is 0.214 e. The Balaban J connectivity index is 1.17. The van der Waals surface area contributed by atoms with Gasteiger partial charge < -0.3 is 9.97 Å². The average molecular weight is 625 g/mol. The molecule has 0 amide bonds. The molecule has 0 spiro atoms. The minimum atomic E-state index is 1.000. The van der Waals surface area contributed by atoms with Crippen molar-refractivity contribution in [1.29, 1.82) is 0 Å². The Morgan fingerprint density at radius 3 is 1.44 bits per heavy atom. The number of aromatic amines is 2. The van der Waals surface area contributed by atoms with Crippen molar-refractivity contribution in [3.8, 4) is 22.5 Å². The Bertz CT molecular complexity index is 2330. The average Bonchev–Trinajstić information content (AvgIpc) is 3.61. The van der Waals surface area contributed by atoms with Crippen molar-refractivity contribution in [2.75, 3.05) is 0 Å². The molecule has 0 bridgehead atoms. The van der Waals surface area contributed by atoms with Gasteiger partial charge in [0.1, 0.15) is 0 Å². The van der Waals surface area contributed by atoms with Crippen molar-refractivity contribution in [3.05, 3.63) is 141 Å². The fourth-order valence-electron chi connectivity index (χ4n) is 8.29. The number of pyridine rings is 2. The van der Waals surface area contributed by atoms with Gasteiger partial charge in [0.25, 0.3) is 0 Å². The van der Waals surface area contributed by atoms with E-state index in [2.05, 4.69) is 156 Å². The van der Waals surface area contributed by atoms with Crippen LogP contribution in [0.5, 0.6) is 0 Å². The van der Waals surface area contributed by atoms with Crippen molar-refractivity contribution < 1.29 is 9.13 Å². The molecule has 0 radical (unpaired) electrons. The lowest BCUT2D eigenvalue weighted by Gasteiger charge is -2.27. The van der Waals surface area contributed by atoms with Gasteiger partial charge in [-0.05, 0) is 73.2 Å². The molecule has 0 saturated heterocycles. The van der Waals surface area contributed by atoms with E-state index in [9.17, 15) is 0 Å². The van der Waals surface area contributed by atoms with Crippen LogP contribution >= 0.6 is 0 Å². The molecule has 6 heterocycles. The standard InChI is InChI=1S/C44H38N4/c1-27-28(2)34-20-24-48-22-18-32(14-16-36-30(4)46-40-12-8-6-10-38(36)40)26-42(48)44(34)43-33(27)19-23-47-21-17-31(25-41(43)47)13-15-35-29(3)45-39-11-7-5-9-37(35)39/h5-18,21-22,25-26H,19-20,23-24H2,1-4H3/p+2. The van der Waals surface area contributed by atoms with Gasteiger partial charge in [0.05, 0.1) is 11.1 Å². The fourth-order valence-corrected chi connectivity index (χ4v) is 8.29. The first-order valence-electron chi connectivity index (χ1n) is 17.2. The van der Waals surface area contributed by atoms with E-state index in [1.54, 1.807) is 0 Å². The van der Waals surface area contributed by atoms with Crippen LogP contribution in [0.2, 0.25) is 0 Å². The molecule has 0 unspecified atom stereocenters. The maximum absolute atomic E-state index is 3.55. The zero-order chi connectivity index (χ0) is 32.5. The van der Waals surface area contributed by atoms with Gasteiger partial charge in [0.15, 0.2) is 25.5 Å². The second-order valence-electron chi connectivity index (χ2n) is 13.6. The number of H-pyrrole nitrogens is 2. The number of aryl methyl sites for hydroxylation is 4. The highest BCUT2D eigenvalue weighted by molar-refractivity contribution is 5.95. The van der Waals surface area contributed by atoms with Crippen LogP contribution in [-0.4, -0.2) is 9.97 Å². The number of rotatable bonds is 4. The molecular weight excluding hydrogens is 585 g/mol. The largest absolute Gasteiger partial charge is 0.358 e. The maximum atomic E-state index is 3.55. The lowest BCUT2D eigenvalue weighted by molar-refractivity contribution is -0.689. The van der Waals surface area contributed by atoms with Gasteiger partial charge in [0.2, 0.25) is 11.4 Å². The molecule has 9 rings (SSSR count). The summed E-state index contributed by atoms with van der Waals surface area (Å²) in [6.45, 7) is 11.0. The van der Waals surface area contributed by atoms with Gasteiger partial charge in [-0.2, -0.15) is 9.13 Å². The highest BCUT2D eigenvalue weighted by atomic mass is 15.0. The van der Waals surface area contributed by atoms with Crippen LogP contribution in [0.4, 0.5) is 0 Å². The smallest absolute Gasteiger partial charge is 0.214 e. The Labute approximate surface area is 281 Å². The predicted molar refractivity (Wildman–Crippen MR) is 199 cm³/mol. The monoisotopic (exact) mass is 624 g/mol. The molecule has 4 heteroatoms. The van der Waals surface area contributed by atoms with E-state index >= 15 is 0 Å². The third-order valence-corrected chi connectivity index (χ3v) is 10.9. The summed E-state index contributed by atoms with van der Waals surface area (Å²) in [6.07, 6.45) is 15.8. The lowest BCUT2D eigenvalue weighted by Crippen LogP contribution is -2.43. The SMILES string of the molecule is Cc1[nH]c2ccccc2c1/C=C/c1cc[n+]2c(c1)-c1c(c(C)c(C)c3c1-c1cc(/C=C/c4c(C)[nH]c5ccccc45)cc[n+]1CC3)CC2. The van der Waals surface area contributed by atoms with Gasteiger partial charge in [-0.3, -0.25) is 0 Å². The highest BCUT2D eigenvalue weighted by Gasteiger charge is 2.36. The van der Waals surface area contributed by atoms with Crippen LogP contribution in [0.3, 0.4) is 0 Å². The first kappa shape index (κ1) is 28.7. The van der Waals surface area contributed by atoms with Crippen molar-refractivity contribution in [1.82, 2.24) is 9.97 Å². The lowest BCUT2D eigenvalue weighted by atomic mass is 9.79. The summed E-state index contributed by atoms with van der Waals surface area (Å²) >= 11 is 0. The number of nitrogens with one attached hydrogen (secondary N) is 2. The van der Waals surface area contributed by atoms with E-state index in [4.69, 9.17) is 0 Å². The van der Waals surface area contributed by atoms with E-state index in [0.717, 1.165) is 25.9 Å². The molecule has 2 aliphatic heterocycles. The molecule has 4 nitrogen and oxygen atoms in total. The summed E-state index contributed by atoms with van der Waals surface area (Å²) < 4.78 is 4.93. The van der Waals surface area contributed by atoms with Crippen molar-refractivity contribution in [3.63, 3.8) is 0 Å². The quantitative estimate of drug-likeness (QED) is 0.183. The van der Waals surface area contributed by atoms with Crippen LogP contribution in [0, 0.1) is 27.7 Å². The summed E-state index contributed by atoms with van der Waals surface area (Å²) in [5, 5.41) is 2.53. The highest BCUT2D eigenvalue weighted by Crippen LogP contribution is 2.43. The molecule has 2 aliphatic rings. The normalized spacial score (nSPS) is 13.8. The fraction of sp³-hybridized carbons (Fsp3) is 0.182. The third kappa shape index (κ3) is 4.51. The summed E-state index contributed by atoms with van der Waals surface area (Å²) in [7, 11) is 0. The molecule has 48 heavy (non-hydrogen) atoms. The molecule has 4 aromatic heterocycles. The minimum absolute atomic E-state index is 1.000. The molecule has 0 aliphatic carbocycles. The van der Waals surface area contributed by atoms with E-state index in [0.29, 0.717) is 0 Å². The first-order chi connectivity index (χ1) is 23.4. The van der Waals surface area contributed by atoms with Gasteiger partial charge in [-0.1, -0.05) is 60.7 Å². The topological polar surface area (TPSA) is 39.3 Å². The molecule has 2 N–H and O–H groups in total. The van der Waals surface area contributed by atoms with E-state index < -0.39 is 0 Å². The Kier molecular flexibility index (Phi) is 6.62. The number of nitrogens with zero attached hydrogens (tertiary/aromatic N) is 2. The number of fused-ring (bicyclic) bond motifs is 9. The van der Waals surface area contributed by atoms with E-state index in [1.165, 1.54) is 100 Å². The third-order valence-electron chi connectivity index (χ3n) is 10.9. The van der Waals surface area contributed by atoms with Gasteiger partial charge >= 0.3 is 0 Å². The van der Waals surface area contributed by atoms with Gasteiger partial charge in [-0.25, -0.2) is 0 Å². The molecule has 0 atom stereocenters. The summed E-state index contributed by atoms with van der Waals surface area (Å²) in [4.78, 5) is 7.10. The van der Waals surface area contributed by atoms with E-state index in [1.807, 2.05) is 0 Å². The summed E-state index contributed by atoms with van der Waals surface area (Å²) in [5.41, 5.74) is 21.1. The minimum Gasteiger partial charge on any atom is -0.358 e. The second-order valence-corrected chi connectivity index (χ2v) is 13.6. The number of para-hydroxylation sites is 2. The van der Waals surface area contributed by atoms with Crippen LogP contribution < -0.4 is 9.13 Å². The Morgan fingerprint density at radius 1 is 0.542 bits per heavy atom. The zero-order valence-electron chi connectivity index (χ0n) is 28.1. The summed E-state index contributed by atoms with van der Waals surface area (Å²) in [6, 6.07) is 26.5. The Hall–Kier alpha value is -5.48. The van der Waals surface area contributed by atoms with Gasteiger partial charge in [0, 0.05) is 81.4 Å². The summed E-state index contributed by atoms with van der Waals surface area (Å²) in [5.74, 6) is 0. The second kappa shape index (κ2) is 11.1. The Morgan fingerprint density at radius 2 is 0.979 bits per heavy atom. The van der Waals surface area contributed by atoms with Crippen molar-refractivity contribution in [2.45, 2.75) is 53.6 Å². The zero-order valence-corrected chi connectivity index (χ0v) is 28.1. The molecule has 0 saturated carbocycles. The van der Waals surface area contributed by atoms with Crippen LogP contribution in [-0.2, 0) is 25.9 Å². The van der Waals surface area contributed by atoms with Crippen LogP contribution in [0.15, 0.2) is 85.2 Å². The first-order valence-corrected chi connectivity index (χ1v) is 17.2. The van der Waals surface area contributed by atoms with Crippen LogP contribution in [0.25, 0.3) is 68.6 Å². The number of benzene rings is 3. The van der Waals surface area contributed by atoms with Crippen LogP contribution in [0.1, 0.15) is 55.9 Å². The number of hydrogen-bond donors (Lipinski definition) is 2. The predicted octanol–water partition coefficient (Wildman–Crippen LogP) is 9.24. The van der Waals surface area contributed by atoms with Crippen molar-refractivity contribution in [2.24, 2.45) is 0 Å². The molecule has 7 aromatic rings. The van der Waals surface area contributed by atoms with Gasteiger partial charge in [-0.15, -0.1) is 0 Å². The molecular formula is C44H40N4+2. The number of hydrogen-bond acceptors (Lipinski definition) is 0. The molecule has 234 valence electrons. The number of aromatic nitrogens is 4. The molecule has 3 aromatic carbocycles. The van der Waals surface area contributed by atoms with Crippen molar-refractivity contribution >= 4 is 46.1 Å². The molecule has 0 fully saturated rings. The van der Waals surface area contributed by atoms with E-state index in [-0.39, 0.29) is 0 Å².